The van der Waals surface area contributed by atoms with E-state index in [1.807, 2.05) is 0 Å². The van der Waals surface area contributed by atoms with Gasteiger partial charge in [0.25, 0.3) is 0 Å². The molecule has 0 radical (unpaired) electrons. The molecule has 0 atom stereocenters. The Morgan fingerprint density at radius 2 is 1.56 bits per heavy atom. The lowest BCUT2D eigenvalue weighted by atomic mass is 10.6. The summed E-state index contributed by atoms with van der Waals surface area (Å²) < 4.78 is 0. The van der Waals surface area contributed by atoms with Crippen molar-refractivity contribution < 1.29 is 9.59 Å². The normalized spacial score (nSPS) is 8.00. The van der Waals surface area contributed by atoms with Crippen molar-refractivity contribution in [2.24, 2.45) is 22.2 Å². The third-order valence-corrected chi connectivity index (χ3v) is 0.441. The van der Waals surface area contributed by atoms with Gasteiger partial charge in [0.2, 0.25) is 0 Å². The molecule has 9 heavy (non-hydrogen) atoms. The Balaban J connectivity index is 4.09. The van der Waals surface area contributed by atoms with Crippen LogP contribution in [0.1, 0.15) is 0 Å². The van der Waals surface area contributed by atoms with Crippen molar-refractivity contribution >= 4 is 17.8 Å². The highest BCUT2D eigenvalue weighted by atomic mass is 16.2. The molecule has 0 aromatic heterocycles. The molecular weight excluding hydrogens is 124 g/mol. The molecule has 0 aromatic rings. The van der Waals surface area contributed by atoms with Crippen LogP contribution in [0.15, 0.2) is 4.99 Å². The van der Waals surface area contributed by atoms with Gasteiger partial charge in [-0.1, -0.05) is 0 Å². The summed E-state index contributed by atoms with van der Waals surface area (Å²) in [6.07, 6.45) is 0. The van der Waals surface area contributed by atoms with Crippen LogP contribution in [-0.2, 0) is 9.59 Å². The lowest BCUT2D eigenvalue weighted by Crippen LogP contribution is -2.29. The summed E-state index contributed by atoms with van der Waals surface area (Å²) in [4.78, 5) is 22.9. The third-order valence-electron chi connectivity index (χ3n) is 0.441. The highest BCUT2D eigenvalue weighted by Crippen LogP contribution is 1.68. The highest BCUT2D eigenvalue weighted by Gasteiger charge is 2.05. The van der Waals surface area contributed by atoms with E-state index in [9.17, 15) is 9.59 Å². The van der Waals surface area contributed by atoms with Gasteiger partial charge in [-0.05, 0) is 0 Å². The van der Waals surface area contributed by atoms with Crippen molar-refractivity contribution in [3.8, 4) is 0 Å². The van der Waals surface area contributed by atoms with Gasteiger partial charge in [0.1, 0.15) is 0 Å². The third kappa shape index (κ3) is 3.03. The van der Waals surface area contributed by atoms with E-state index in [0.29, 0.717) is 0 Å². The Kier molecular flexibility index (Phi) is 2.18. The Labute approximate surface area is 50.7 Å². The zero-order chi connectivity index (χ0) is 7.44. The molecule has 0 bridgehead atoms. The first-order chi connectivity index (χ1) is 4.04. The molecule has 0 aliphatic heterocycles. The van der Waals surface area contributed by atoms with Crippen LogP contribution in [0, 0.1) is 0 Å². The van der Waals surface area contributed by atoms with E-state index < -0.39 is 17.8 Å². The largest absolute Gasteiger partial charge is 0.370 e. The summed E-state index contributed by atoms with van der Waals surface area (Å²) in [7, 11) is 0. The van der Waals surface area contributed by atoms with Crippen molar-refractivity contribution in [2.75, 3.05) is 0 Å². The number of aliphatic imine (C=N–C) groups is 1. The first kappa shape index (κ1) is 7.41. The summed E-state index contributed by atoms with van der Waals surface area (Å²) in [5.41, 5.74) is 13.9. The summed E-state index contributed by atoms with van der Waals surface area (Å²) in [6, 6.07) is 0. The van der Waals surface area contributed by atoms with Crippen LogP contribution >= 0.6 is 0 Å². The number of guanidine groups is 1. The molecule has 0 aliphatic carbocycles. The molecule has 6 heteroatoms. The molecule has 50 valence electrons. The summed E-state index contributed by atoms with van der Waals surface area (Å²) in [6.45, 7) is 0. The number of carbonyl (C=O) groups is 2. The topological polar surface area (TPSA) is 125 Å². The van der Waals surface area contributed by atoms with Crippen LogP contribution in [-0.4, -0.2) is 17.8 Å². The number of primary amides is 1. The van der Waals surface area contributed by atoms with Crippen LogP contribution in [0.5, 0.6) is 0 Å². The number of rotatable bonds is 0. The lowest BCUT2D eigenvalue weighted by Gasteiger charge is -1.85. The molecule has 0 fully saturated rings. The van der Waals surface area contributed by atoms with E-state index >= 15 is 0 Å². The van der Waals surface area contributed by atoms with Gasteiger partial charge in [0.15, 0.2) is 5.96 Å². The van der Waals surface area contributed by atoms with E-state index in [1.54, 1.807) is 0 Å². The van der Waals surface area contributed by atoms with Gasteiger partial charge < -0.3 is 17.2 Å². The fraction of sp³-hybridized carbons (Fsp3) is 0. The number of hydrogen-bond donors (Lipinski definition) is 3. The number of amides is 2. The monoisotopic (exact) mass is 130 g/mol. The van der Waals surface area contributed by atoms with Gasteiger partial charge in [-0.15, -0.1) is 0 Å². The summed E-state index contributed by atoms with van der Waals surface area (Å²) in [5.74, 6) is -2.79. The van der Waals surface area contributed by atoms with Gasteiger partial charge in [0, 0.05) is 0 Å². The zero-order valence-electron chi connectivity index (χ0n) is 4.50. The molecule has 6 nitrogen and oxygen atoms in total. The van der Waals surface area contributed by atoms with Crippen LogP contribution in [0.4, 0.5) is 0 Å². The van der Waals surface area contributed by atoms with Gasteiger partial charge in [-0.2, -0.15) is 4.99 Å². The van der Waals surface area contributed by atoms with Gasteiger partial charge in [0.05, 0.1) is 0 Å². The smallest absolute Gasteiger partial charge is 0.337 e. The molecule has 0 rings (SSSR count). The van der Waals surface area contributed by atoms with Gasteiger partial charge in [-0.3, -0.25) is 9.59 Å². The van der Waals surface area contributed by atoms with Crippen molar-refractivity contribution in [2.45, 2.75) is 0 Å². The van der Waals surface area contributed by atoms with Gasteiger partial charge in [-0.25, -0.2) is 0 Å². The maximum atomic E-state index is 10.1. The Hall–Kier alpha value is -1.59. The number of hydrogen-bond acceptors (Lipinski definition) is 2. The van der Waals surface area contributed by atoms with Crippen LogP contribution in [0.25, 0.3) is 0 Å². The van der Waals surface area contributed by atoms with Crippen molar-refractivity contribution in [3.63, 3.8) is 0 Å². The second kappa shape index (κ2) is 2.65. The molecule has 0 aromatic carbocycles. The van der Waals surface area contributed by atoms with Crippen LogP contribution in [0.2, 0.25) is 0 Å². The second-order valence-corrected chi connectivity index (χ2v) is 1.21. The quantitative estimate of drug-likeness (QED) is 0.187. The molecule has 6 N–H and O–H groups in total. The minimum atomic E-state index is -1.18. The molecule has 2 amide bonds. The first-order valence-corrected chi connectivity index (χ1v) is 1.97. The summed E-state index contributed by atoms with van der Waals surface area (Å²) >= 11 is 0. The van der Waals surface area contributed by atoms with E-state index in [1.165, 1.54) is 0 Å². The number of nitrogens with two attached hydrogens (primary N) is 3. The molecule has 0 saturated carbocycles. The van der Waals surface area contributed by atoms with Crippen LogP contribution < -0.4 is 17.2 Å². The Morgan fingerprint density at radius 3 is 1.67 bits per heavy atom. The SMILES string of the molecule is NC(=O)C(=O)N=C(N)N. The zero-order valence-corrected chi connectivity index (χ0v) is 4.50. The van der Waals surface area contributed by atoms with Crippen molar-refractivity contribution in [1.82, 2.24) is 0 Å². The minimum absolute atomic E-state index is 0.473. The fourth-order valence-electron chi connectivity index (χ4n) is 0.172. The standard InChI is InChI=1S/C3H6N4O2/c4-1(8)2(9)7-3(5)6/h(H2,4,8)(H4,5,6,7,9). The van der Waals surface area contributed by atoms with Crippen molar-refractivity contribution in [3.05, 3.63) is 0 Å². The Morgan fingerprint density at radius 1 is 1.11 bits per heavy atom. The molecule has 0 spiro atoms. The molecule has 0 aliphatic rings. The van der Waals surface area contributed by atoms with Gasteiger partial charge >= 0.3 is 11.8 Å². The maximum Gasteiger partial charge on any atom is 0.337 e. The average Bonchev–Trinajstić information content (AvgIpc) is 1.63. The van der Waals surface area contributed by atoms with E-state index in [0.717, 1.165) is 0 Å². The van der Waals surface area contributed by atoms with E-state index in [-0.39, 0.29) is 0 Å². The second-order valence-electron chi connectivity index (χ2n) is 1.21. The van der Waals surface area contributed by atoms with E-state index in [2.05, 4.69) is 10.7 Å². The predicted molar refractivity (Wildman–Crippen MR) is 30.0 cm³/mol. The maximum absolute atomic E-state index is 10.1. The first-order valence-electron chi connectivity index (χ1n) is 1.97. The average molecular weight is 130 g/mol. The van der Waals surface area contributed by atoms with E-state index in [4.69, 9.17) is 11.5 Å². The number of nitrogens with zero attached hydrogens (tertiary/aromatic N) is 1. The molecule has 0 heterocycles. The minimum Gasteiger partial charge on any atom is -0.370 e. The molecule has 0 saturated heterocycles. The summed E-state index contributed by atoms with van der Waals surface area (Å²) in [5, 5.41) is 0. The molecule has 0 unspecified atom stereocenters. The van der Waals surface area contributed by atoms with Crippen molar-refractivity contribution in [1.29, 1.82) is 0 Å². The highest BCUT2D eigenvalue weighted by molar-refractivity contribution is 6.36. The predicted octanol–water partition coefficient (Wildman–Crippen LogP) is -2.73. The number of carbonyl (C=O) groups excluding carboxylic acids is 2. The molecular formula is C3H6N4O2. The Bertz CT molecular complexity index is 169. The lowest BCUT2D eigenvalue weighted by molar-refractivity contribution is -0.135. The van der Waals surface area contributed by atoms with Crippen LogP contribution in [0.3, 0.4) is 0 Å². The fourth-order valence-corrected chi connectivity index (χ4v) is 0.172.